The Morgan fingerprint density at radius 2 is 1.45 bits per heavy atom. The molecule has 0 radical (unpaired) electrons. The van der Waals surface area contributed by atoms with Crippen LogP contribution in [0.1, 0.15) is 22.6 Å². The van der Waals surface area contributed by atoms with Crippen LogP contribution in [0.4, 0.5) is 0 Å². The molecule has 0 aliphatic heterocycles. The van der Waals surface area contributed by atoms with Crippen LogP contribution in [0.15, 0.2) is 30.3 Å². The maximum Gasteiger partial charge on any atom is 0.161 e. The van der Waals surface area contributed by atoms with Crippen LogP contribution in [0.25, 0.3) is 0 Å². The van der Waals surface area contributed by atoms with Crippen molar-refractivity contribution in [2.45, 2.75) is 17.9 Å². The number of rotatable bonds is 7. The molecule has 7 nitrogen and oxygen atoms in total. The van der Waals surface area contributed by atoms with Crippen LogP contribution in [0.3, 0.4) is 0 Å². The number of hydrogen-bond donors (Lipinski definition) is 3. The van der Waals surface area contributed by atoms with Gasteiger partial charge in [0.1, 0.15) is 0 Å². The molecule has 7 heteroatoms. The van der Waals surface area contributed by atoms with E-state index in [9.17, 15) is 15.3 Å². The molecule has 0 aromatic heterocycles. The summed E-state index contributed by atoms with van der Waals surface area (Å²) in [5.74, 6) is 1.19. The highest BCUT2D eigenvalue weighted by Gasteiger charge is 2.47. The van der Waals surface area contributed by atoms with Crippen molar-refractivity contribution in [3.05, 3.63) is 47.0 Å². The molecule has 0 unspecified atom stereocenters. The van der Waals surface area contributed by atoms with Gasteiger partial charge in [-0.2, -0.15) is 0 Å². The van der Waals surface area contributed by atoms with Crippen LogP contribution < -0.4 is 18.9 Å². The summed E-state index contributed by atoms with van der Waals surface area (Å²) in [7, 11) is 6.23. The lowest BCUT2D eigenvalue weighted by Crippen LogP contribution is -2.51. The lowest BCUT2D eigenvalue weighted by atomic mass is 9.64. The van der Waals surface area contributed by atoms with E-state index in [1.807, 2.05) is 24.3 Å². The van der Waals surface area contributed by atoms with Crippen molar-refractivity contribution in [1.82, 2.24) is 0 Å². The van der Waals surface area contributed by atoms with Gasteiger partial charge in [-0.25, -0.2) is 0 Å². The summed E-state index contributed by atoms with van der Waals surface area (Å²) in [4.78, 5) is 0. The quantitative estimate of drug-likeness (QED) is 0.647. The fraction of sp³-hybridized carbons (Fsp3) is 0.455. The monoisotopic (exact) mass is 404 g/mol. The van der Waals surface area contributed by atoms with Gasteiger partial charge in [-0.1, -0.05) is 6.07 Å². The number of fused-ring (bicyclic) bond motifs is 1. The third-order valence-corrected chi connectivity index (χ3v) is 5.81. The number of methoxy groups -OCH3 is 4. The third-order valence-electron chi connectivity index (χ3n) is 5.81. The topological polar surface area (TPSA) is 97.6 Å². The van der Waals surface area contributed by atoms with Gasteiger partial charge in [0, 0.05) is 24.9 Å². The van der Waals surface area contributed by atoms with Crippen molar-refractivity contribution in [3.8, 4) is 23.0 Å². The van der Waals surface area contributed by atoms with Crippen molar-refractivity contribution >= 4 is 0 Å². The van der Waals surface area contributed by atoms with Crippen molar-refractivity contribution in [2.24, 2.45) is 5.92 Å². The van der Waals surface area contributed by atoms with E-state index < -0.39 is 24.0 Å². The van der Waals surface area contributed by atoms with E-state index in [1.54, 1.807) is 34.5 Å². The normalized spacial score (nSPS) is 23.3. The molecule has 3 rings (SSSR count). The minimum Gasteiger partial charge on any atom is -0.493 e. The maximum atomic E-state index is 11.2. The zero-order valence-electron chi connectivity index (χ0n) is 17.1. The van der Waals surface area contributed by atoms with E-state index in [1.165, 1.54) is 0 Å². The largest absolute Gasteiger partial charge is 0.493 e. The first kappa shape index (κ1) is 21.2. The fourth-order valence-corrected chi connectivity index (χ4v) is 4.27. The second kappa shape index (κ2) is 8.49. The summed E-state index contributed by atoms with van der Waals surface area (Å²) in [6.45, 7) is -0.778. The van der Waals surface area contributed by atoms with Gasteiger partial charge in [0.25, 0.3) is 0 Å². The molecule has 158 valence electrons. The summed E-state index contributed by atoms with van der Waals surface area (Å²) in [5, 5.41) is 31.4. The first-order valence-corrected chi connectivity index (χ1v) is 9.37. The Morgan fingerprint density at radius 1 is 0.862 bits per heavy atom. The SMILES string of the molecule is COc1ccc([C@@H]2c3cc(OC)c(OC)cc3C[C@@](O)(CO)[C@@H]2CO)cc1OC. The van der Waals surface area contributed by atoms with Crippen LogP contribution in [0.2, 0.25) is 0 Å². The second-order valence-electron chi connectivity index (χ2n) is 7.23. The number of aliphatic hydroxyl groups excluding tert-OH is 2. The molecule has 0 saturated heterocycles. The summed E-state index contributed by atoms with van der Waals surface area (Å²) in [6.07, 6.45) is 0.189. The Morgan fingerprint density at radius 3 is 2.00 bits per heavy atom. The molecular formula is C22H28O7. The summed E-state index contributed by atoms with van der Waals surface area (Å²) >= 11 is 0. The molecule has 0 spiro atoms. The molecule has 29 heavy (non-hydrogen) atoms. The predicted molar refractivity (Wildman–Crippen MR) is 107 cm³/mol. The number of benzene rings is 2. The van der Waals surface area contributed by atoms with Gasteiger partial charge in [-0.3, -0.25) is 0 Å². The fourth-order valence-electron chi connectivity index (χ4n) is 4.27. The van der Waals surface area contributed by atoms with Gasteiger partial charge in [0.2, 0.25) is 0 Å². The molecule has 1 aliphatic carbocycles. The Labute approximate surface area is 170 Å². The number of hydrogen-bond acceptors (Lipinski definition) is 7. The average Bonchev–Trinajstić information content (AvgIpc) is 2.76. The van der Waals surface area contributed by atoms with E-state index in [4.69, 9.17) is 18.9 Å². The summed E-state index contributed by atoms with van der Waals surface area (Å²) in [5.41, 5.74) is 1.05. The summed E-state index contributed by atoms with van der Waals surface area (Å²) < 4.78 is 21.7. The Kier molecular flexibility index (Phi) is 6.21. The zero-order valence-corrected chi connectivity index (χ0v) is 17.1. The standard InChI is InChI=1S/C22H28O7/c1-26-17-6-5-13(7-18(17)27-2)21-15-9-20(29-4)19(28-3)8-14(15)10-22(25,12-24)16(21)11-23/h5-9,16,21,23-25H,10-12H2,1-4H3/t16-,21-,22-/m1/s1. The molecule has 3 atom stereocenters. The second-order valence-corrected chi connectivity index (χ2v) is 7.23. The van der Waals surface area contributed by atoms with Gasteiger partial charge >= 0.3 is 0 Å². The number of aliphatic hydroxyl groups is 3. The molecule has 0 saturated carbocycles. The van der Waals surface area contributed by atoms with E-state index in [0.717, 1.165) is 16.7 Å². The molecule has 0 heterocycles. The lowest BCUT2D eigenvalue weighted by molar-refractivity contribution is -0.0875. The Hall–Kier alpha value is -2.48. The van der Waals surface area contributed by atoms with Gasteiger partial charge in [-0.05, 0) is 41.0 Å². The van der Waals surface area contributed by atoms with Gasteiger partial charge in [0.15, 0.2) is 23.0 Å². The highest BCUT2D eigenvalue weighted by Crippen LogP contribution is 2.49. The van der Waals surface area contributed by atoms with Crippen LogP contribution in [-0.4, -0.2) is 62.6 Å². The van der Waals surface area contributed by atoms with E-state index in [2.05, 4.69) is 0 Å². The molecule has 1 aliphatic rings. The first-order chi connectivity index (χ1) is 14.0. The minimum absolute atomic E-state index is 0.189. The minimum atomic E-state index is -1.49. The van der Waals surface area contributed by atoms with Crippen molar-refractivity contribution in [1.29, 1.82) is 0 Å². The third kappa shape index (κ3) is 3.61. The van der Waals surface area contributed by atoms with E-state index in [-0.39, 0.29) is 13.0 Å². The molecule has 0 amide bonds. The summed E-state index contributed by atoms with van der Waals surface area (Å²) in [6, 6.07) is 9.18. The molecule has 2 aromatic carbocycles. The van der Waals surface area contributed by atoms with Gasteiger partial charge < -0.3 is 34.3 Å². The maximum absolute atomic E-state index is 11.2. The molecule has 3 N–H and O–H groups in total. The number of ether oxygens (including phenoxy) is 4. The Balaban J connectivity index is 2.25. The Bertz CT molecular complexity index is 866. The van der Waals surface area contributed by atoms with Crippen LogP contribution >= 0.6 is 0 Å². The zero-order chi connectivity index (χ0) is 21.2. The highest BCUT2D eigenvalue weighted by molar-refractivity contribution is 5.55. The molecule has 0 bridgehead atoms. The predicted octanol–water partition coefficient (Wildman–Crippen LogP) is 1.74. The molecule has 2 aromatic rings. The van der Waals surface area contributed by atoms with E-state index >= 15 is 0 Å². The van der Waals surface area contributed by atoms with Gasteiger partial charge in [-0.15, -0.1) is 0 Å². The van der Waals surface area contributed by atoms with Crippen molar-refractivity contribution in [2.75, 3.05) is 41.7 Å². The van der Waals surface area contributed by atoms with Crippen LogP contribution in [-0.2, 0) is 6.42 Å². The molecule has 0 fully saturated rings. The van der Waals surface area contributed by atoms with Gasteiger partial charge in [0.05, 0.1) is 40.6 Å². The lowest BCUT2D eigenvalue weighted by Gasteiger charge is -2.44. The first-order valence-electron chi connectivity index (χ1n) is 9.37. The smallest absolute Gasteiger partial charge is 0.161 e. The van der Waals surface area contributed by atoms with Crippen molar-refractivity contribution in [3.63, 3.8) is 0 Å². The molecular weight excluding hydrogens is 376 g/mol. The van der Waals surface area contributed by atoms with E-state index in [0.29, 0.717) is 23.0 Å². The van der Waals surface area contributed by atoms with Crippen molar-refractivity contribution < 1.29 is 34.3 Å². The average molecular weight is 404 g/mol. The highest BCUT2D eigenvalue weighted by atomic mass is 16.5. The van der Waals surface area contributed by atoms with Crippen LogP contribution in [0.5, 0.6) is 23.0 Å². The van der Waals surface area contributed by atoms with Crippen LogP contribution in [0, 0.1) is 5.92 Å².